The Morgan fingerprint density at radius 3 is 2.90 bits per heavy atom. The van der Waals surface area contributed by atoms with E-state index in [2.05, 4.69) is 23.1 Å². The molecule has 2 N–H and O–H groups in total. The molecule has 1 aromatic carbocycles. The standard InChI is InChI=1S/C17H26N2O/c18-17-6-3-5-14-13-15(7-8-16(14)17)20-12-4-11-19-9-1-2-10-19/h7-8,13,17H,1-6,9-12,18H2. The molecule has 20 heavy (non-hydrogen) atoms. The third kappa shape index (κ3) is 3.33. The molecule has 0 radical (unpaired) electrons. The van der Waals surface area contributed by atoms with Gasteiger partial charge in [0.1, 0.15) is 5.75 Å². The van der Waals surface area contributed by atoms with E-state index in [1.54, 1.807) is 0 Å². The second kappa shape index (κ2) is 6.59. The van der Waals surface area contributed by atoms with Crippen molar-refractivity contribution in [1.82, 2.24) is 4.90 Å². The third-order valence-electron chi connectivity index (χ3n) is 4.56. The highest BCUT2D eigenvalue weighted by molar-refractivity contribution is 5.38. The second-order valence-corrected chi connectivity index (χ2v) is 6.11. The molecule has 110 valence electrons. The van der Waals surface area contributed by atoms with Crippen LogP contribution in [0, 0.1) is 0 Å². The predicted molar refractivity (Wildman–Crippen MR) is 82.1 cm³/mol. The Bertz CT molecular complexity index is 441. The Labute approximate surface area is 122 Å². The van der Waals surface area contributed by atoms with Crippen LogP contribution in [0.1, 0.15) is 49.3 Å². The molecule has 0 aromatic heterocycles. The van der Waals surface area contributed by atoms with Crippen LogP contribution in [0.4, 0.5) is 0 Å². The fraction of sp³-hybridized carbons (Fsp3) is 0.647. The molecule has 3 heteroatoms. The van der Waals surface area contributed by atoms with Crippen LogP contribution in [-0.4, -0.2) is 31.1 Å². The zero-order valence-electron chi connectivity index (χ0n) is 12.3. The highest BCUT2D eigenvalue weighted by Gasteiger charge is 2.17. The summed E-state index contributed by atoms with van der Waals surface area (Å²) < 4.78 is 5.90. The van der Waals surface area contributed by atoms with Crippen molar-refractivity contribution in [1.29, 1.82) is 0 Å². The molecule has 3 nitrogen and oxygen atoms in total. The molecule has 1 aromatic rings. The van der Waals surface area contributed by atoms with E-state index in [0.717, 1.165) is 31.6 Å². The molecular weight excluding hydrogens is 248 g/mol. The van der Waals surface area contributed by atoms with Gasteiger partial charge in [0.25, 0.3) is 0 Å². The normalized spacial score (nSPS) is 22.8. The summed E-state index contributed by atoms with van der Waals surface area (Å²) in [5.74, 6) is 1.01. The summed E-state index contributed by atoms with van der Waals surface area (Å²) >= 11 is 0. The summed E-state index contributed by atoms with van der Waals surface area (Å²) in [5.41, 5.74) is 8.85. The van der Waals surface area contributed by atoms with Gasteiger partial charge in [-0.1, -0.05) is 6.07 Å². The van der Waals surface area contributed by atoms with Gasteiger partial charge < -0.3 is 15.4 Å². The monoisotopic (exact) mass is 274 g/mol. The zero-order valence-corrected chi connectivity index (χ0v) is 12.3. The quantitative estimate of drug-likeness (QED) is 0.839. The summed E-state index contributed by atoms with van der Waals surface area (Å²) in [6.45, 7) is 4.55. The van der Waals surface area contributed by atoms with E-state index in [1.165, 1.54) is 50.0 Å². The van der Waals surface area contributed by atoms with E-state index in [1.807, 2.05) is 0 Å². The van der Waals surface area contributed by atoms with Crippen LogP contribution in [0.2, 0.25) is 0 Å². The Balaban J connectivity index is 1.48. The minimum absolute atomic E-state index is 0.225. The van der Waals surface area contributed by atoms with Crippen LogP contribution in [0.15, 0.2) is 18.2 Å². The maximum atomic E-state index is 6.14. The molecule has 0 amide bonds. The molecule has 2 aliphatic rings. The summed E-state index contributed by atoms with van der Waals surface area (Å²) in [7, 11) is 0. The smallest absolute Gasteiger partial charge is 0.119 e. The highest BCUT2D eigenvalue weighted by atomic mass is 16.5. The first-order valence-electron chi connectivity index (χ1n) is 8.06. The third-order valence-corrected chi connectivity index (χ3v) is 4.56. The molecule has 1 aliphatic heterocycles. The van der Waals surface area contributed by atoms with Crippen LogP contribution >= 0.6 is 0 Å². The van der Waals surface area contributed by atoms with Crippen molar-refractivity contribution in [2.24, 2.45) is 5.73 Å². The number of fused-ring (bicyclic) bond motifs is 1. The van der Waals surface area contributed by atoms with Gasteiger partial charge in [-0.05, 0) is 74.9 Å². The molecule has 0 saturated carbocycles. The van der Waals surface area contributed by atoms with Gasteiger partial charge in [0, 0.05) is 12.6 Å². The lowest BCUT2D eigenvalue weighted by atomic mass is 9.88. The molecule has 1 heterocycles. The van der Waals surface area contributed by atoms with E-state index in [0.29, 0.717) is 0 Å². The summed E-state index contributed by atoms with van der Waals surface area (Å²) in [6, 6.07) is 6.67. The summed E-state index contributed by atoms with van der Waals surface area (Å²) in [5, 5.41) is 0. The van der Waals surface area contributed by atoms with E-state index >= 15 is 0 Å². The minimum atomic E-state index is 0.225. The number of hydrogen-bond acceptors (Lipinski definition) is 3. The second-order valence-electron chi connectivity index (χ2n) is 6.11. The van der Waals surface area contributed by atoms with Crippen LogP contribution in [-0.2, 0) is 6.42 Å². The predicted octanol–water partition coefficient (Wildman–Crippen LogP) is 2.89. The molecule has 1 unspecified atom stereocenters. The zero-order chi connectivity index (χ0) is 13.8. The molecule has 0 bridgehead atoms. The van der Waals surface area contributed by atoms with E-state index < -0.39 is 0 Å². The van der Waals surface area contributed by atoms with Crippen molar-refractivity contribution in [3.8, 4) is 5.75 Å². The fourth-order valence-corrected chi connectivity index (χ4v) is 3.40. The van der Waals surface area contributed by atoms with Crippen molar-refractivity contribution < 1.29 is 4.74 Å². The van der Waals surface area contributed by atoms with Crippen molar-refractivity contribution in [2.45, 2.75) is 44.6 Å². The molecule has 1 fully saturated rings. The van der Waals surface area contributed by atoms with Crippen LogP contribution < -0.4 is 10.5 Å². The number of nitrogens with two attached hydrogens (primary N) is 1. The molecule has 0 spiro atoms. The lowest BCUT2D eigenvalue weighted by Crippen LogP contribution is -2.22. The molecule has 1 aliphatic carbocycles. The number of benzene rings is 1. The first kappa shape index (κ1) is 13.9. The van der Waals surface area contributed by atoms with Gasteiger partial charge in [-0.15, -0.1) is 0 Å². The van der Waals surface area contributed by atoms with E-state index in [9.17, 15) is 0 Å². The van der Waals surface area contributed by atoms with Gasteiger partial charge >= 0.3 is 0 Å². The summed E-state index contributed by atoms with van der Waals surface area (Å²) in [6.07, 6.45) is 7.32. The number of rotatable bonds is 5. The van der Waals surface area contributed by atoms with Gasteiger partial charge in [0.2, 0.25) is 0 Å². The van der Waals surface area contributed by atoms with Crippen molar-refractivity contribution in [3.63, 3.8) is 0 Å². The van der Waals surface area contributed by atoms with Gasteiger partial charge in [-0.25, -0.2) is 0 Å². The van der Waals surface area contributed by atoms with Crippen molar-refractivity contribution in [2.75, 3.05) is 26.2 Å². The Hall–Kier alpha value is -1.06. The number of hydrogen-bond donors (Lipinski definition) is 1. The Morgan fingerprint density at radius 2 is 2.05 bits per heavy atom. The van der Waals surface area contributed by atoms with E-state index in [4.69, 9.17) is 10.5 Å². The Kier molecular flexibility index (Phi) is 4.58. The number of ether oxygens (including phenoxy) is 1. The van der Waals surface area contributed by atoms with Gasteiger partial charge in [-0.3, -0.25) is 0 Å². The summed E-state index contributed by atoms with van der Waals surface area (Å²) in [4.78, 5) is 2.54. The van der Waals surface area contributed by atoms with E-state index in [-0.39, 0.29) is 6.04 Å². The molecule has 1 saturated heterocycles. The maximum absolute atomic E-state index is 6.14. The number of aryl methyl sites for hydroxylation is 1. The fourth-order valence-electron chi connectivity index (χ4n) is 3.40. The maximum Gasteiger partial charge on any atom is 0.119 e. The highest BCUT2D eigenvalue weighted by Crippen LogP contribution is 2.30. The average Bonchev–Trinajstić information content (AvgIpc) is 2.97. The van der Waals surface area contributed by atoms with Gasteiger partial charge in [0.05, 0.1) is 6.61 Å². The topological polar surface area (TPSA) is 38.5 Å². The molecule has 3 rings (SSSR count). The number of likely N-dealkylation sites (tertiary alicyclic amines) is 1. The average molecular weight is 274 g/mol. The van der Waals surface area contributed by atoms with Crippen molar-refractivity contribution in [3.05, 3.63) is 29.3 Å². The lowest BCUT2D eigenvalue weighted by molar-refractivity contribution is 0.263. The van der Waals surface area contributed by atoms with Crippen LogP contribution in [0.25, 0.3) is 0 Å². The largest absolute Gasteiger partial charge is 0.494 e. The van der Waals surface area contributed by atoms with Gasteiger partial charge in [0.15, 0.2) is 0 Å². The molecular formula is C17H26N2O. The SMILES string of the molecule is NC1CCCc2cc(OCCCN3CCCC3)ccc21. The Morgan fingerprint density at radius 1 is 1.20 bits per heavy atom. The first-order valence-corrected chi connectivity index (χ1v) is 8.06. The molecule has 1 atom stereocenters. The first-order chi connectivity index (χ1) is 9.83. The number of nitrogens with zero attached hydrogens (tertiary/aromatic N) is 1. The van der Waals surface area contributed by atoms with Gasteiger partial charge in [-0.2, -0.15) is 0 Å². The minimum Gasteiger partial charge on any atom is -0.494 e. The van der Waals surface area contributed by atoms with Crippen LogP contribution in [0.5, 0.6) is 5.75 Å². The van der Waals surface area contributed by atoms with Crippen LogP contribution in [0.3, 0.4) is 0 Å². The lowest BCUT2D eigenvalue weighted by Gasteiger charge is -2.22. The van der Waals surface area contributed by atoms with Crippen molar-refractivity contribution >= 4 is 0 Å².